The third-order valence-corrected chi connectivity index (χ3v) is 5.43. The number of aryl methyl sites for hydroxylation is 2. The molecule has 1 heterocycles. The molecule has 0 fully saturated rings. The quantitative estimate of drug-likeness (QED) is 0.890. The number of nitrogens with zero attached hydrogens (tertiary/aromatic N) is 1. The van der Waals surface area contributed by atoms with Crippen LogP contribution in [0, 0.1) is 5.82 Å². The highest BCUT2D eigenvalue weighted by atomic mass is 32.2. The smallest absolute Gasteiger partial charge is 0.352 e. The highest BCUT2D eigenvalue weighted by Gasteiger charge is 2.29. The van der Waals surface area contributed by atoms with Crippen molar-refractivity contribution < 1.29 is 22.7 Å². The molecular formula is C15H15FN2O4S. The largest absolute Gasteiger partial charge is 0.477 e. The molecule has 23 heavy (non-hydrogen) atoms. The second-order valence-electron chi connectivity index (χ2n) is 5.53. The lowest BCUT2D eigenvalue weighted by atomic mass is 10.1. The Morgan fingerprint density at radius 1 is 1.39 bits per heavy atom. The minimum atomic E-state index is -3.86. The van der Waals surface area contributed by atoms with Gasteiger partial charge in [-0.2, -0.15) is 0 Å². The van der Waals surface area contributed by atoms with Crippen LogP contribution < -0.4 is 4.72 Å². The van der Waals surface area contributed by atoms with E-state index in [1.165, 1.54) is 29.9 Å². The first-order valence-corrected chi connectivity index (χ1v) is 8.46. The van der Waals surface area contributed by atoms with Crippen molar-refractivity contribution in [2.45, 2.75) is 23.8 Å². The van der Waals surface area contributed by atoms with E-state index in [1.807, 2.05) is 0 Å². The van der Waals surface area contributed by atoms with Crippen LogP contribution >= 0.6 is 0 Å². The van der Waals surface area contributed by atoms with Crippen molar-refractivity contribution in [3.8, 4) is 0 Å². The maximum absolute atomic E-state index is 13.2. The normalized spacial score (nSPS) is 17.2. The molecule has 0 unspecified atom stereocenters. The number of hydrogen-bond acceptors (Lipinski definition) is 3. The average molecular weight is 338 g/mol. The fraction of sp³-hybridized carbons (Fsp3) is 0.267. The Balaban J connectivity index is 1.89. The Morgan fingerprint density at radius 3 is 2.78 bits per heavy atom. The lowest BCUT2D eigenvalue weighted by Gasteiger charge is -2.13. The van der Waals surface area contributed by atoms with Gasteiger partial charge in [-0.3, -0.25) is 0 Å². The number of benzene rings is 1. The fourth-order valence-electron chi connectivity index (χ4n) is 2.86. The van der Waals surface area contributed by atoms with E-state index in [2.05, 4.69) is 4.72 Å². The number of hydrogen-bond donors (Lipinski definition) is 2. The Kier molecular flexibility index (Phi) is 3.73. The molecule has 1 aliphatic rings. The third-order valence-electron chi connectivity index (χ3n) is 3.99. The summed E-state index contributed by atoms with van der Waals surface area (Å²) in [5.74, 6) is -1.54. The summed E-state index contributed by atoms with van der Waals surface area (Å²) in [6.07, 6.45) is 2.39. The predicted octanol–water partition coefficient (Wildman–Crippen LogP) is 1.83. The van der Waals surface area contributed by atoms with Gasteiger partial charge in [-0.1, -0.05) is 6.07 Å². The molecule has 1 aromatic heterocycles. The zero-order valence-corrected chi connectivity index (χ0v) is 13.1. The predicted molar refractivity (Wildman–Crippen MR) is 80.2 cm³/mol. The topological polar surface area (TPSA) is 88.4 Å². The molecule has 0 amide bonds. The van der Waals surface area contributed by atoms with Crippen LogP contribution in [0.1, 0.15) is 34.1 Å². The van der Waals surface area contributed by atoms with Crippen molar-refractivity contribution in [2.24, 2.45) is 7.05 Å². The molecular weight excluding hydrogens is 323 g/mol. The van der Waals surface area contributed by atoms with E-state index >= 15 is 0 Å². The number of halogens is 1. The fourth-order valence-corrected chi connectivity index (χ4v) is 4.18. The van der Waals surface area contributed by atoms with Crippen LogP contribution in [0.4, 0.5) is 4.39 Å². The molecule has 0 radical (unpaired) electrons. The van der Waals surface area contributed by atoms with Crippen LogP contribution in [-0.4, -0.2) is 24.1 Å². The number of carboxylic acid groups (broad SMARTS) is 1. The molecule has 2 N–H and O–H groups in total. The van der Waals surface area contributed by atoms with Crippen molar-refractivity contribution in [2.75, 3.05) is 0 Å². The van der Waals surface area contributed by atoms with Gasteiger partial charge in [-0.05, 0) is 42.2 Å². The van der Waals surface area contributed by atoms with Crippen LogP contribution in [0.3, 0.4) is 0 Å². The summed E-state index contributed by atoms with van der Waals surface area (Å²) in [7, 11) is -2.39. The number of fused-ring (bicyclic) bond motifs is 1. The van der Waals surface area contributed by atoms with E-state index in [1.54, 1.807) is 6.07 Å². The first-order chi connectivity index (χ1) is 10.8. The summed E-state index contributed by atoms with van der Waals surface area (Å²) >= 11 is 0. The van der Waals surface area contributed by atoms with Gasteiger partial charge >= 0.3 is 5.97 Å². The van der Waals surface area contributed by atoms with Gasteiger partial charge in [-0.15, -0.1) is 0 Å². The number of rotatable bonds is 4. The number of aromatic nitrogens is 1. The highest BCUT2D eigenvalue weighted by molar-refractivity contribution is 7.89. The Labute approximate surface area is 132 Å². The maximum Gasteiger partial charge on any atom is 0.352 e. The average Bonchev–Trinajstić information content (AvgIpc) is 3.03. The standard InChI is InChI=1S/C15H15FN2O4S/c1-18-8-11(7-14(18)15(19)20)23(21,22)17-13-5-2-9-6-10(16)3-4-12(9)13/h3-4,6-8,13,17H,2,5H2,1H3,(H,19,20)/t13-/m0/s1. The van der Waals surface area contributed by atoms with Gasteiger partial charge in [0.15, 0.2) is 0 Å². The molecule has 2 aromatic rings. The van der Waals surface area contributed by atoms with Crippen molar-refractivity contribution in [1.29, 1.82) is 0 Å². The van der Waals surface area contributed by atoms with E-state index in [9.17, 15) is 17.6 Å². The van der Waals surface area contributed by atoms with Crippen molar-refractivity contribution >= 4 is 16.0 Å². The lowest BCUT2D eigenvalue weighted by molar-refractivity contribution is 0.0686. The summed E-state index contributed by atoms with van der Waals surface area (Å²) in [5, 5.41) is 9.01. The van der Waals surface area contributed by atoms with E-state index < -0.39 is 22.0 Å². The van der Waals surface area contributed by atoms with Gasteiger partial charge in [-0.25, -0.2) is 22.3 Å². The van der Waals surface area contributed by atoms with Crippen molar-refractivity contribution in [3.63, 3.8) is 0 Å². The van der Waals surface area contributed by atoms with Gasteiger partial charge in [0.1, 0.15) is 16.4 Å². The van der Waals surface area contributed by atoms with Gasteiger partial charge in [0.2, 0.25) is 10.0 Å². The SMILES string of the molecule is Cn1cc(S(=O)(=O)N[C@H]2CCc3cc(F)ccc32)cc1C(=O)O. The minimum Gasteiger partial charge on any atom is -0.477 e. The second kappa shape index (κ2) is 5.47. The highest BCUT2D eigenvalue weighted by Crippen LogP contribution is 2.32. The Morgan fingerprint density at radius 2 is 2.13 bits per heavy atom. The monoisotopic (exact) mass is 338 g/mol. The van der Waals surface area contributed by atoms with Crippen LogP contribution in [0.25, 0.3) is 0 Å². The van der Waals surface area contributed by atoms with Gasteiger partial charge in [0.05, 0.1) is 0 Å². The molecule has 6 nitrogen and oxygen atoms in total. The van der Waals surface area contributed by atoms with Gasteiger partial charge in [0, 0.05) is 19.3 Å². The number of carbonyl (C=O) groups is 1. The molecule has 8 heteroatoms. The molecule has 0 saturated carbocycles. The molecule has 0 bridgehead atoms. The first kappa shape index (κ1) is 15.7. The minimum absolute atomic E-state index is 0.104. The molecule has 3 rings (SSSR count). The van der Waals surface area contributed by atoms with Crippen molar-refractivity contribution in [1.82, 2.24) is 9.29 Å². The van der Waals surface area contributed by atoms with Crippen LogP contribution in [0.2, 0.25) is 0 Å². The molecule has 122 valence electrons. The number of nitrogens with one attached hydrogen (secondary N) is 1. The number of sulfonamides is 1. The van der Waals surface area contributed by atoms with Crippen LogP contribution in [0.15, 0.2) is 35.4 Å². The van der Waals surface area contributed by atoms with Crippen molar-refractivity contribution in [3.05, 3.63) is 53.1 Å². The molecule has 0 spiro atoms. The summed E-state index contributed by atoms with van der Waals surface area (Å²) in [6.45, 7) is 0. The van der Waals surface area contributed by atoms with Crippen LogP contribution in [0.5, 0.6) is 0 Å². The van der Waals surface area contributed by atoms with E-state index in [4.69, 9.17) is 5.11 Å². The molecule has 1 atom stereocenters. The van der Waals surface area contributed by atoms with E-state index in [0.717, 1.165) is 17.2 Å². The zero-order valence-electron chi connectivity index (χ0n) is 12.3. The Bertz CT molecular complexity index is 889. The molecule has 0 saturated heterocycles. The summed E-state index contributed by atoms with van der Waals surface area (Å²) in [4.78, 5) is 10.9. The molecule has 1 aliphatic carbocycles. The third kappa shape index (κ3) is 2.87. The summed E-state index contributed by atoms with van der Waals surface area (Å²) < 4.78 is 42.0. The Hall–Kier alpha value is -2.19. The van der Waals surface area contributed by atoms with Crippen LogP contribution in [-0.2, 0) is 23.5 Å². The summed E-state index contributed by atoms with van der Waals surface area (Å²) in [6, 6.07) is 4.97. The lowest BCUT2D eigenvalue weighted by Crippen LogP contribution is -2.27. The zero-order chi connectivity index (χ0) is 16.8. The van der Waals surface area contributed by atoms with Gasteiger partial charge in [0.25, 0.3) is 0 Å². The number of aromatic carboxylic acids is 1. The number of carboxylic acids is 1. The van der Waals surface area contributed by atoms with E-state index in [0.29, 0.717) is 12.8 Å². The molecule has 0 aliphatic heterocycles. The maximum atomic E-state index is 13.2. The van der Waals surface area contributed by atoms with E-state index in [-0.39, 0.29) is 16.4 Å². The first-order valence-electron chi connectivity index (χ1n) is 6.98. The van der Waals surface area contributed by atoms with Gasteiger partial charge < -0.3 is 9.67 Å². The summed E-state index contributed by atoms with van der Waals surface area (Å²) in [5.41, 5.74) is 1.43. The molecule has 1 aromatic carbocycles. The second-order valence-corrected chi connectivity index (χ2v) is 7.25.